The van der Waals surface area contributed by atoms with Gasteiger partial charge >= 0.3 is 11.8 Å². The number of amides is 1. The first-order chi connectivity index (χ1) is 15.6. The molecule has 1 aliphatic heterocycles. The number of aromatic amines is 1. The van der Waals surface area contributed by atoms with Crippen LogP contribution in [0, 0.1) is 6.92 Å². The first-order valence-electron chi connectivity index (χ1n) is 10.1. The van der Waals surface area contributed by atoms with Crippen molar-refractivity contribution in [3.05, 3.63) is 65.7 Å². The molecule has 1 aliphatic rings. The molecule has 32 heavy (non-hydrogen) atoms. The lowest BCUT2D eigenvalue weighted by molar-refractivity contribution is 0.0627. The van der Waals surface area contributed by atoms with Crippen molar-refractivity contribution >= 4 is 17.0 Å². The van der Waals surface area contributed by atoms with E-state index < -0.39 is 11.9 Å². The van der Waals surface area contributed by atoms with Crippen LogP contribution in [0.4, 0.5) is 0 Å². The largest absolute Gasteiger partial charge is 0.438 e. The Balaban J connectivity index is 1.41. The van der Waals surface area contributed by atoms with Crippen LogP contribution in [0.15, 0.2) is 45.8 Å². The van der Waals surface area contributed by atoms with E-state index in [1.807, 2.05) is 25.1 Å². The monoisotopic (exact) mass is 430 g/mol. The number of oxazole rings is 1. The molecule has 5 heterocycles. The Morgan fingerprint density at radius 3 is 2.97 bits per heavy atom. The van der Waals surface area contributed by atoms with Crippen molar-refractivity contribution in [3.8, 4) is 11.5 Å². The van der Waals surface area contributed by atoms with E-state index in [9.17, 15) is 4.79 Å². The Hall–Kier alpha value is -4.28. The van der Waals surface area contributed by atoms with Gasteiger partial charge in [0.2, 0.25) is 5.89 Å². The molecule has 4 aromatic heterocycles. The molecule has 0 unspecified atom stereocenters. The molecule has 1 atom stereocenters. The van der Waals surface area contributed by atoms with Crippen molar-refractivity contribution in [2.45, 2.75) is 19.4 Å². The van der Waals surface area contributed by atoms with E-state index in [0.29, 0.717) is 35.7 Å². The molecule has 1 amide bonds. The van der Waals surface area contributed by atoms with Gasteiger partial charge in [0.25, 0.3) is 5.89 Å². The molecule has 0 spiro atoms. The first kappa shape index (κ1) is 18.5. The molecule has 160 valence electrons. The summed E-state index contributed by atoms with van der Waals surface area (Å²) >= 11 is 0. The molecular formula is C21H18N8O3. The molecule has 0 aliphatic carbocycles. The minimum Gasteiger partial charge on any atom is -0.438 e. The van der Waals surface area contributed by atoms with Crippen molar-refractivity contribution < 1.29 is 13.6 Å². The predicted molar refractivity (Wildman–Crippen MR) is 110 cm³/mol. The maximum Gasteiger partial charge on any atom is 0.312 e. The highest BCUT2D eigenvalue weighted by Crippen LogP contribution is 2.36. The van der Waals surface area contributed by atoms with Crippen molar-refractivity contribution in [2.75, 3.05) is 6.54 Å². The van der Waals surface area contributed by atoms with Crippen LogP contribution in [-0.4, -0.2) is 52.3 Å². The number of rotatable bonds is 3. The normalized spacial score (nSPS) is 15.9. The third kappa shape index (κ3) is 2.82. The molecule has 11 nitrogen and oxygen atoms in total. The molecule has 0 radical (unpaired) electrons. The van der Waals surface area contributed by atoms with Gasteiger partial charge in [0.05, 0.1) is 23.8 Å². The maximum atomic E-state index is 13.4. The lowest BCUT2D eigenvalue weighted by Crippen LogP contribution is -2.41. The van der Waals surface area contributed by atoms with E-state index in [1.54, 1.807) is 35.4 Å². The highest BCUT2D eigenvalue weighted by molar-refractivity contribution is 5.90. The molecule has 0 saturated heterocycles. The predicted octanol–water partition coefficient (Wildman–Crippen LogP) is 2.43. The van der Waals surface area contributed by atoms with E-state index in [4.69, 9.17) is 13.8 Å². The number of nitrogens with zero attached hydrogens (tertiary/aromatic N) is 7. The summed E-state index contributed by atoms with van der Waals surface area (Å²) in [6.07, 6.45) is 5.57. The van der Waals surface area contributed by atoms with Crippen LogP contribution in [-0.2, 0) is 13.5 Å². The zero-order valence-electron chi connectivity index (χ0n) is 17.3. The lowest BCUT2D eigenvalue weighted by atomic mass is 10.0. The van der Waals surface area contributed by atoms with Gasteiger partial charge in [-0.05, 0) is 18.6 Å². The van der Waals surface area contributed by atoms with E-state index in [2.05, 4.69) is 25.3 Å². The number of imidazole rings is 1. The fourth-order valence-corrected chi connectivity index (χ4v) is 4.05. The second-order valence-corrected chi connectivity index (χ2v) is 7.71. The van der Waals surface area contributed by atoms with Gasteiger partial charge in [0, 0.05) is 31.9 Å². The summed E-state index contributed by atoms with van der Waals surface area (Å²) in [4.78, 5) is 27.4. The highest BCUT2D eigenvalue weighted by Gasteiger charge is 2.39. The van der Waals surface area contributed by atoms with E-state index in [0.717, 1.165) is 16.8 Å². The molecule has 11 heteroatoms. The number of carbonyl (C=O) groups excluding carboxylic acids is 1. The number of hydrogen-bond donors (Lipinski definition) is 1. The average molecular weight is 430 g/mol. The number of aryl methyl sites for hydroxylation is 2. The van der Waals surface area contributed by atoms with Crippen LogP contribution in [0.1, 0.15) is 39.6 Å². The number of para-hydroxylation sites is 1. The summed E-state index contributed by atoms with van der Waals surface area (Å²) in [5.41, 5.74) is 4.69. The Morgan fingerprint density at radius 2 is 2.16 bits per heavy atom. The number of hydrogen-bond acceptors (Lipinski definition) is 8. The minimum atomic E-state index is -0.613. The standard InChI is InChI=1S/C21H18N8O3/c1-11-4-3-5-14-15(11)25-19(31-14)17-16-13(22-10-23-16)6-7-29(17)21(30)20-27-26-18(32-20)12-8-24-28(2)9-12/h3-5,8-10,17H,6-7H2,1-2H3,(H,22,23)/t17-/m0/s1. The summed E-state index contributed by atoms with van der Waals surface area (Å²) in [7, 11) is 1.79. The van der Waals surface area contributed by atoms with Gasteiger partial charge in [-0.3, -0.25) is 9.48 Å². The van der Waals surface area contributed by atoms with E-state index >= 15 is 0 Å². The Bertz CT molecular complexity index is 1460. The number of nitrogens with one attached hydrogen (secondary N) is 1. The maximum absolute atomic E-state index is 13.4. The Labute approximate surface area is 181 Å². The number of H-pyrrole nitrogens is 1. The minimum absolute atomic E-state index is 0.111. The van der Waals surface area contributed by atoms with Gasteiger partial charge in [-0.2, -0.15) is 5.10 Å². The SMILES string of the molecule is Cc1cccc2oc([C@@H]3c4nc[nH]c4CCN3C(=O)c3nnc(-c4cnn(C)c4)o3)nc12. The van der Waals surface area contributed by atoms with Crippen LogP contribution in [0.25, 0.3) is 22.6 Å². The fourth-order valence-electron chi connectivity index (χ4n) is 4.05. The third-order valence-electron chi connectivity index (χ3n) is 5.62. The Kier molecular flexibility index (Phi) is 3.97. The van der Waals surface area contributed by atoms with E-state index in [-0.39, 0.29) is 11.8 Å². The summed E-state index contributed by atoms with van der Waals surface area (Å²) in [6, 6.07) is 5.13. The van der Waals surface area contributed by atoms with Gasteiger partial charge < -0.3 is 18.7 Å². The average Bonchev–Trinajstić information content (AvgIpc) is 3.57. The molecule has 0 fully saturated rings. The first-order valence-corrected chi connectivity index (χ1v) is 10.1. The summed E-state index contributed by atoms with van der Waals surface area (Å²) in [5, 5.41) is 12.1. The van der Waals surface area contributed by atoms with Crippen molar-refractivity contribution in [3.63, 3.8) is 0 Å². The molecule has 1 N–H and O–H groups in total. The van der Waals surface area contributed by atoms with Crippen LogP contribution in [0.5, 0.6) is 0 Å². The summed E-state index contributed by atoms with van der Waals surface area (Å²) < 4.78 is 13.4. The van der Waals surface area contributed by atoms with Crippen molar-refractivity contribution in [1.29, 1.82) is 0 Å². The zero-order valence-corrected chi connectivity index (χ0v) is 17.3. The van der Waals surface area contributed by atoms with Crippen molar-refractivity contribution in [2.24, 2.45) is 7.05 Å². The molecule has 0 bridgehead atoms. The van der Waals surface area contributed by atoms with Crippen LogP contribution in [0.2, 0.25) is 0 Å². The lowest BCUT2D eigenvalue weighted by Gasteiger charge is -2.31. The van der Waals surface area contributed by atoms with Crippen LogP contribution < -0.4 is 0 Å². The summed E-state index contributed by atoms with van der Waals surface area (Å²) in [5.74, 6) is 0.0982. The number of fused-ring (bicyclic) bond motifs is 2. The number of carbonyl (C=O) groups is 1. The van der Waals surface area contributed by atoms with E-state index in [1.165, 1.54) is 0 Å². The number of aromatic nitrogens is 7. The van der Waals surface area contributed by atoms with Gasteiger partial charge in [-0.15, -0.1) is 10.2 Å². The molecule has 5 aromatic rings. The van der Waals surface area contributed by atoms with Crippen LogP contribution >= 0.6 is 0 Å². The highest BCUT2D eigenvalue weighted by atomic mass is 16.4. The quantitative estimate of drug-likeness (QED) is 0.462. The number of benzene rings is 1. The second-order valence-electron chi connectivity index (χ2n) is 7.71. The molecule has 6 rings (SSSR count). The molecular weight excluding hydrogens is 412 g/mol. The van der Waals surface area contributed by atoms with Gasteiger partial charge in [-0.1, -0.05) is 12.1 Å². The second kappa shape index (κ2) is 6.87. The van der Waals surface area contributed by atoms with Crippen LogP contribution in [0.3, 0.4) is 0 Å². The smallest absolute Gasteiger partial charge is 0.312 e. The van der Waals surface area contributed by atoms with Gasteiger partial charge in [-0.25, -0.2) is 9.97 Å². The fraction of sp³-hybridized carbons (Fsp3) is 0.238. The Morgan fingerprint density at radius 1 is 1.25 bits per heavy atom. The topological polar surface area (TPSA) is 132 Å². The molecule has 1 aromatic carbocycles. The zero-order chi connectivity index (χ0) is 21.8. The summed E-state index contributed by atoms with van der Waals surface area (Å²) in [6.45, 7) is 2.39. The van der Waals surface area contributed by atoms with Gasteiger partial charge in [0.1, 0.15) is 5.52 Å². The third-order valence-corrected chi connectivity index (χ3v) is 5.62. The van der Waals surface area contributed by atoms with Crippen molar-refractivity contribution in [1.82, 2.24) is 39.8 Å². The van der Waals surface area contributed by atoms with Gasteiger partial charge in [0.15, 0.2) is 11.6 Å². The molecule has 0 saturated carbocycles.